The second kappa shape index (κ2) is 6.24. The van der Waals surface area contributed by atoms with E-state index in [0.29, 0.717) is 15.9 Å². The zero-order chi connectivity index (χ0) is 15.7. The number of carbonyl (C=O) groups excluding carboxylic acids is 1. The molecule has 1 N–H and O–H groups in total. The second-order valence-corrected chi connectivity index (χ2v) is 6.10. The van der Waals surface area contributed by atoms with E-state index >= 15 is 0 Å². The molecule has 2 aromatic rings. The number of hydrogen-bond acceptors (Lipinski definition) is 4. The number of halogens is 2. The molecule has 6 heteroatoms. The van der Waals surface area contributed by atoms with E-state index in [1.165, 1.54) is 11.8 Å². The first kappa shape index (κ1) is 15.3. The first-order valence-electron chi connectivity index (χ1n) is 6.95. The fourth-order valence-corrected chi connectivity index (χ4v) is 3.08. The first-order chi connectivity index (χ1) is 10.6. The maximum Gasteiger partial charge on any atom is 0.141 e. The summed E-state index contributed by atoms with van der Waals surface area (Å²) in [6.07, 6.45) is 3.39. The van der Waals surface area contributed by atoms with Crippen LogP contribution in [0.1, 0.15) is 17.2 Å². The quantitative estimate of drug-likeness (QED) is 0.683. The lowest BCUT2D eigenvalue weighted by Crippen LogP contribution is -2.33. The Bertz CT molecular complexity index is 721. The molecule has 2 heterocycles. The number of pyridine rings is 1. The van der Waals surface area contributed by atoms with Gasteiger partial charge in [-0.2, -0.15) is 0 Å². The molecule has 22 heavy (non-hydrogen) atoms. The number of aromatic nitrogens is 1. The van der Waals surface area contributed by atoms with Gasteiger partial charge in [0, 0.05) is 30.1 Å². The van der Waals surface area contributed by atoms with Crippen LogP contribution < -0.4 is 5.32 Å². The summed E-state index contributed by atoms with van der Waals surface area (Å²) in [6.45, 7) is 0.863. The van der Waals surface area contributed by atoms with Gasteiger partial charge in [0.15, 0.2) is 0 Å². The van der Waals surface area contributed by atoms with Crippen LogP contribution in [-0.2, 0) is 11.2 Å². The number of carbonyl (C=O) groups is 1. The van der Waals surface area contributed by atoms with Crippen molar-refractivity contribution < 1.29 is 4.79 Å². The van der Waals surface area contributed by atoms with Gasteiger partial charge in [-0.05, 0) is 25.1 Å². The molecule has 0 radical (unpaired) electrons. The summed E-state index contributed by atoms with van der Waals surface area (Å²) in [6, 6.07) is 7.39. The van der Waals surface area contributed by atoms with Gasteiger partial charge in [0.25, 0.3) is 0 Å². The number of rotatable bonds is 3. The average molecular weight is 336 g/mol. The lowest BCUT2D eigenvalue weighted by Gasteiger charge is -2.32. The smallest absolute Gasteiger partial charge is 0.141 e. The molecule has 0 bridgehead atoms. The molecule has 1 aliphatic rings. The molecule has 3 rings (SSSR count). The highest BCUT2D eigenvalue weighted by Gasteiger charge is 2.27. The third kappa shape index (κ3) is 2.82. The molecule has 1 unspecified atom stereocenters. The van der Waals surface area contributed by atoms with Crippen molar-refractivity contribution in [2.24, 2.45) is 0 Å². The fraction of sp³-hybridized carbons (Fsp3) is 0.250. The SMILES string of the molecule is CN1CCc2cccc(Nc3cc(Cl)ncc3Cl)c2C1C=O. The Balaban J connectivity index is 2.05. The molecule has 1 aromatic carbocycles. The van der Waals surface area contributed by atoms with Crippen LogP contribution in [0, 0.1) is 0 Å². The third-order valence-electron chi connectivity index (χ3n) is 3.92. The second-order valence-electron chi connectivity index (χ2n) is 5.30. The van der Waals surface area contributed by atoms with Gasteiger partial charge in [0.2, 0.25) is 0 Å². The minimum absolute atomic E-state index is 0.261. The maximum absolute atomic E-state index is 11.5. The predicted octanol–water partition coefficient (Wildman–Crippen LogP) is 3.86. The van der Waals surface area contributed by atoms with Gasteiger partial charge in [-0.3, -0.25) is 4.90 Å². The van der Waals surface area contributed by atoms with Crippen LogP contribution in [0.2, 0.25) is 10.2 Å². The summed E-state index contributed by atoms with van der Waals surface area (Å²) in [7, 11) is 1.95. The van der Waals surface area contributed by atoms with Crippen LogP contribution in [0.25, 0.3) is 0 Å². The number of benzene rings is 1. The molecule has 0 amide bonds. The van der Waals surface area contributed by atoms with Gasteiger partial charge in [0.1, 0.15) is 11.4 Å². The van der Waals surface area contributed by atoms with E-state index in [1.54, 1.807) is 6.07 Å². The van der Waals surface area contributed by atoms with Gasteiger partial charge < -0.3 is 10.1 Å². The number of fused-ring (bicyclic) bond motifs is 1. The minimum Gasteiger partial charge on any atom is -0.354 e. The highest BCUT2D eigenvalue weighted by Crippen LogP contribution is 2.36. The summed E-state index contributed by atoms with van der Waals surface area (Å²) in [5.74, 6) is 0. The van der Waals surface area contributed by atoms with Crippen molar-refractivity contribution in [3.63, 3.8) is 0 Å². The fourth-order valence-electron chi connectivity index (χ4n) is 2.77. The molecule has 1 aromatic heterocycles. The lowest BCUT2D eigenvalue weighted by molar-refractivity contribution is -0.112. The Morgan fingerprint density at radius 2 is 2.18 bits per heavy atom. The van der Waals surface area contributed by atoms with E-state index in [1.807, 2.05) is 24.1 Å². The molecule has 0 spiro atoms. The van der Waals surface area contributed by atoms with Gasteiger partial charge >= 0.3 is 0 Å². The monoisotopic (exact) mass is 335 g/mol. The summed E-state index contributed by atoms with van der Waals surface area (Å²) < 4.78 is 0. The molecule has 4 nitrogen and oxygen atoms in total. The van der Waals surface area contributed by atoms with E-state index in [0.717, 1.165) is 30.5 Å². The molecule has 0 fully saturated rings. The zero-order valence-corrected chi connectivity index (χ0v) is 13.5. The molecule has 0 saturated heterocycles. The highest BCUT2D eigenvalue weighted by molar-refractivity contribution is 6.34. The largest absolute Gasteiger partial charge is 0.354 e. The Hall–Kier alpha value is -1.62. The van der Waals surface area contributed by atoms with E-state index in [-0.39, 0.29) is 6.04 Å². The average Bonchev–Trinajstić information content (AvgIpc) is 2.51. The minimum atomic E-state index is -0.261. The van der Waals surface area contributed by atoms with E-state index < -0.39 is 0 Å². The van der Waals surface area contributed by atoms with Gasteiger partial charge in [-0.25, -0.2) is 4.98 Å². The van der Waals surface area contributed by atoms with Gasteiger partial charge in [-0.1, -0.05) is 35.3 Å². The number of hydrogen-bond donors (Lipinski definition) is 1. The lowest BCUT2D eigenvalue weighted by atomic mass is 9.92. The van der Waals surface area contributed by atoms with Crippen molar-refractivity contribution >= 4 is 40.9 Å². The van der Waals surface area contributed by atoms with Crippen LogP contribution in [0.15, 0.2) is 30.5 Å². The van der Waals surface area contributed by atoms with Crippen molar-refractivity contribution in [3.05, 3.63) is 51.8 Å². The van der Waals surface area contributed by atoms with Gasteiger partial charge in [0.05, 0.1) is 16.8 Å². The summed E-state index contributed by atoms with van der Waals surface area (Å²) >= 11 is 12.1. The van der Waals surface area contributed by atoms with Crippen molar-refractivity contribution in [1.29, 1.82) is 0 Å². The van der Waals surface area contributed by atoms with E-state index in [9.17, 15) is 4.79 Å². The molecular formula is C16H15Cl2N3O. The topological polar surface area (TPSA) is 45.2 Å². The standard InChI is InChI=1S/C16H15Cl2N3O/c1-21-6-5-10-3-2-4-12(16(10)14(21)9-22)20-13-7-15(18)19-8-11(13)17/h2-4,7-9,14H,5-6H2,1H3,(H,19,20). The Kier molecular flexibility index (Phi) is 4.34. The zero-order valence-electron chi connectivity index (χ0n) is 12.0. The van der Waals surface area contributed by atoms with Crippen molar-refractivity contribution in [1.82, 2.24) is 9.88 Å². The first-order valence-corrected chi connectivity index (χ1v) is 7.71. The summed E-state index contributed by atoms with van der Waals surface area (Å²) in [5.41, 5.74) is 3.71. The summed E-state index contributed by atoms with van der Waals surface area (Å²) in [5, 5.41) is 4.13. The highest BCUT2D eigenvalue weighted by atomic mass is 35.5. The van der Waals surface area contributed by atoms with Gasteiger partial charge in [-0.15, -0.1) is 0 Å². The maximum atomic E-state index is 11.5. The van der Waals surface area contributed by atoms with Crippen LogP contribution in [0.5, 0.6) is 0 Å². The van der Waals surface area contributed by atoms with Crippen LogP contribution in [0.4, 0.5) is 11.4 Å². The number of aldehydes is 1. The van der Waals surface area contributed by atoms with Crippen LogP contribution >= 0.6 is 23.2 Å². The van der Waals surface area contributed by atoms with Crippen molar-refractivity contribution in [3.8, 4) is 0 Å². The predicted molar refractivity (Wildman–Crippen MR) is 89.1 cm³/mol. The van der Waals surface area contributed by atoms with Crippen LogP contribution in [-0.4, -0.2) is 29.8 Å². The van der Waals surface area contributed by atoms with Crippen LogP contribution in [0.3, 0.4) is 0 Å². The number of anilines is 2. The number of likely N-dealkylation sites (N-methyl/N-ethyl adjacent to an activating group) is 1. The molecule has 1 aliphatic heterocycles. The Morgan fingerprint density at radius 3 is 2.95 bits per heavy atom. The molecule has 0 aliphatic carbocycles. The van der Waals surface area contributed by atoms with E-state index in [2.05, 4.69) is 16.4 Å². The van der Waals surface area contributed by atoms with E-state index in [4.69, 9.17) is 23.2 Å². The van der Waals surface area contributed by atoms with Crippen molar-refractivity contribution in [2.45, 2.75) is 12.5 Å². The number of nitrogens with one attached hydrogen (secondary N) is 1. The Labute approximate surface area is 139 Å². The molecule has 1 atom stereocenters. The normalized spacial score (nSPS) is 17.9. The summed E-state index contributed by atoms with van der Waals surface area (Å²) in [4.78, 5) is 17.5. The molecular weight excluding hydrogens is 321 g/mol. The number of nitrogens with zero attached hydrogens (tertiary/aromatic N) is 2. The molecule has 0 saturated carbocycles. The molecule has 114 valence electrons. The van der Waals surface area contributed by atoms with Crippen molar-refractivity contribution in [2.75, 3.05) is 18.9 Å². The Morgan fingerprint density at radius 1 is 1.36 bits per heavy atom. The third-order valence-corrected chi connectivity index (χ3v) is 4.43.